The van der Waals surface area contributed by atoms with Crippen LogP contribution in [0, 0.1) is 6.92 Å². The van der Waals surface area contributed by atoms with Crippen LogP contribution in [0.25, 0.3) is 11.4 Å². The molecule has 2 aromatic heterocycles. The van der Waals surface area contributed by atoms with Crippen molar-refractivity contribution in [3.8, 4) is 22.9 Å². The van der Waals surface area contributed by atoms with Crippen LogP contribution < -0.4 is 14.8 Å². The van der Waals surface area contributed by atoms with E-state index in [2.05, 4.69) is 20.4 Å². The molecule has 0 fully saturated rings. The smallest absolute Gasteiger partial charge is 0.234 e. The van der Waals surface area contributed by atoms with Crippen LogP contribution in [0.4, 0.5) is 5.69 Å². The number of carbonyl (C=O) groups excluding carboxylic acids is 1. The molecule has 8 nitrogen and oxygen atoms in total. The van der Waals surface area contributed by atoms with Crippen LogP contribution in [0.1, 0.15) is 5.89 Å². The fourth-order valence-electron chi connectivity index (χ4n) is 2.39. The molecule has 3 heterocycles. The van der Waals surface area contributed by atoms with E-state index in [-0.39, 0.29) is 18.5 Å². The van der Waals surface area contributed by atoms with Gasteiger partial charge in [-0.3, -0.25) is 4.79 Å². The molecule has 1 amide bonds. The third-order valence-corrected chi connectivity index (χ3v) is 4.54. The third-order valence-electron chi connectivity index (χ3n) is 3.54. The van der Waals surface area contributed by atoms with Gasteiger partial charge in [-0.05, 0) is 24.3 Å². The Morgan fingerprint density at radius 1 is 1.27 bits per heavy atom. The third kappa shape index (κ3) is 3.47. The second kappa shape index (κ2) is 7.04. The van der Waals surface area contributed by atoms with Gasteiger partial charge in [-0.25, -0.2) is 4.98 Å². The summed E-state index contributed by atoms with van der Waals surface area (Å²) in [6.45, 7) is 1.92. The lowest BCUT2D eigenvalue weighted by Gasteiger charge is -2.07. The summed E-state index contributed by atoms with van der Waals surface area (Å²) in [5.74, 6) is 2.25. The maximum absolute atomic E-state index is 12.3. The van der Waals surface area contributed by atoms with E-state index in [1.54, 1.807) is 37.4 Å². The Bertz CT molecular complexity index is 959. The number of aromatic nitrogens is 3. The molecule has 1 aromatic carbocycles. The van der Waals surface area contributed by atoms with Crippen molar-refractivity contribution in [2.24, 2.45) is 0 Å². The zero-order chi connectivity index (χ0) is 17.9. The van der Waals surface area contributed by atoms with Crippen LogP contribution in [-0.4, -0.2) is 33.6 Å². The number of thioether (sulfide) groups is 1. The van der Waals surface area contributed by atoms with E-state index in [4.69, 9.17) is 14.0 Å². The van der Waals surface area contributed by atoms with Crippen molar-refractivity contribution in [3.63, 3.8) is 0 Å². The predicted octanol–water partition coefficient (Wildman–Crippen LogP) is 2.90. The number of nitrogens with zero attached hydrogens (tertiary/aromatic N) is 3. The molecule has 132 valence electrons. The van der Waals surface area contributed by atoms with Gasteiger partial charge < -0.3 is 19.3 Å². The summed E-state index contributed by atoms with van der Waals surface area (Å²) in [6, 6.07) is 8.90. The number of ether oxygens (including phenoxy) is 2. The number of carbonyl (C=O) groups is 1. The normalized spacial score (nSPS) is 12.2. The van der Waals surface area contributed by atoms with Crippen molar-refractivity contribution in [3.05, 3.63) is 42.4 Å². The van der Waals surface area contributed by atoms with Crippen LogP contribution in [0.3, 0.4) is 0 Å². The van der Waals surface area contributed by atoms with Gasteiger partial charge in [0.2, 0.25) is 24.4 Å². The number of nitrogens with one attached hydrogen (secondary N) is 1. The molecule has 0 bridgehead atoms. The number of anilines is 1. The predicted molar refractivity (Wildman–Crippen MR) is 94.2 cm³/mol. The van der Waals surface area contributed by atoms with Gasteiger partial charge in [0.05, 0.1) is 11.3 Å². The van der Waals surface area contributed by atoms with Crippen LogP contribution >= 0.6 is 11.8 Å². The average molecular weight is 370 g/mol. The lowest BCUT2D eigenvalue weighted by molar-refractivity contribution is -0.113. The first-order chi connectivity index (χ1) is 12.7. The van der Waals surface area contributed by atoms with Crippen molar-refractivity contribution in [1.29, 1.82) is 0 Å². The van der Waals surface area contributed by atoms with Crippen molar-refractivity contribution >= 4 is 23.4 Å². The first-order valence-electron chi connectivity index (χ1n) is 7.77. The molecule has 0 saturated heterocycles. The Hall–Kier alpha value is -3.07. The largest absolute Gasteiger partial charge is 0.454 e. The highest BCUT2D eigenvalue weighted by molar-refractivity contribution is 8.00. The van der Waals surface area contributed by atoms with Crippen molar-refractivity contribution < 1.29 is 18.8 Å². The summed E-state index contributed by atoms with van der Waals surface area (Å²) in [4.78, 5) is 20.8. The quantitative estimate of drug-likeness (QED) is 0.685. The number of hydrogen-bond donors (Lipinski definition) is 1. The van der Waals surface area contributed by atoms with E-state index >= 15 is 0 Å². The lowest BCUT2D eigenvalue weighted by Crippen LogP contribution is -2.14. The molecule has 0 atom stereocenters. The minimum absolute atomic E-state index is 0.158. The molecule has 0 unspecified atom stereocenters. The summed E-state index contributed by atoms with van der Waals surface area (Å²) in [5.41, 5.74) is 1.38. The lowest BCUT2D eigenvalue weighted by atomic mass is 10.3. The van der Waals surface area contributed by atoms with Gasteiger partial charge in [-0.1, -0.05) is 16.9 Å². The number of benzene rings is 1. The summed E-state index contributed by atoms with van der Waals surface area (Å²) in [5, 5.41) is 7.40. The zero-order valence-electron chi connectivity index (χ0n) is 13.8. The van der Waals surface area contributed by atoms with Gasteiger partial charge in [0.15, 0.2) is 11.5 Å². The number of amides is 1. The van der Waals surface area contributed by atoms with Gasteiger partial charge in [-0.15, -0.1) is 0 Å². The molecule has 26 heavy (non-hydrogen) atoms. The van der Waals surface area contributed by atoms with E-state index in [0.29, 0.717) is 33.9 Å². The average Bonchev–Trinajstić information content (AvgIpc) is 3.28. The van der Waals surface area contributed by atoms with E-state index in [0.717, 1.165) is 5.56 Å². The second-order valence-electron chi connectivity index (χ2n) is 5.40. The standard InChI is InChI=1S/C17H14N4O4S/c1-10-19-16(21-25-10)12-3-2-6-18-17(12)26-8-15(22)20-11-4-5-13-14(7-11)24-9-23-13/h2-7H,8-9H2,1H3,(H,20,22). The number of fused-ring (bicyclic) bond motifs is 1. The zero-order valence-corrected chi connectivity index (χ0v) is 14.6. The molecule has 0 saturated carbocycles. The highest BCUT2D eigenvalue weighted by atomic mass is 32.2. The molecule has 9 heteroatoms. The number of aryl methyl sites for hydroxylation is 1. The number of rotatable bonds is 5. The van der Waals surface area contributed by atoms with E-state index in [9.17, 15) is 4.79 Å². The fourth-order valence-corrected chi connectivity index (χ4v) is 3.18. The maximum atomic E-state index is 12.3. The molecule has 4 rings (SSSR count). The van der Waals surface area contributed by atoms with Crippen molar-refractivity contribution in [2.45, 2.75) is 11.9 Å². The Morgan fingerprint density at radius 2 is 2.15 bits per heavy atom. The van der Waals surface area contributed by atoms with E-state index in [1.165, 1.54) is 11.8 Å². The first kappa shape index (κ1) is 16.4. The summed E-state index contributed by atoms with van der Waals surface area (Å²) < 4.78 is 15.6. The molecule has 1 aliphatic heterocycles. The van der Waals surface area contributed by atoms with Crippen LogP contribution in [0.5, 0.6) is 11.5 Å². The number of pyridine rings is 1. The van der Waals surface area contributed by atoms with Crippen LogP contribution in [0.2, 0.25) is 0 Å². The molecule has 0 radical (unpaired) electrons. The summed E-state index contributed by atoms with van der Waals surface area (Å²) >= 11 is 1.30. The Morgan fingerprint density at radius 3 is 3.00 bits per heavy atom. The Labute approximate surface area is 152 Å². The number of hydrogen-bond acceptors (Lipinski definition) is 8. The summed E-state index contributed by atoms with van der Waals surface area (Å²) in [7, 11) is 0. The second-order valence-corrected chi connectivity index (χ2v) is 6.36. The molecule has 1 aliphatic rings. The van der Waals surface area contributed by atoms with Gasteiger partial charge >= 0.3 is 0 Å². The maximum Gasteiger partial charge on any atom is 0.234 e. The van der Waals surface area contributed by atoms with E-state index < -0.39 is 0 Å². The molecule has 0 aliphatic carbocycles. The van der Waals surface area contributed by atoms with Gasteiger partial charge in [0.1, 0.15) is 5.03 Å². The molecule has 0 spiro atoms. The topological polar surface area (TPSA) is 99.4 Å². The van der Waals surface area contributed by atoms with Crippen LogP contribution in [-0.2, 0) is 4.79 Å². The van der Waals surface area contributed by atoms with Crippen molar-refractivity contribution in [1.82, 2.24) is 15.1 Å². The SMILES string of the molecule is Cc1nc(-c2cccnc2SCC(=O)Nc2ccc3c(c2)OCO3)no1. The molecular formula is C17H14N4O4S. The van der Waals surface area contributed by atoms with Crippen LogP contribution in [0.15, 0.2) is 46.1 Å². The highest BCUT2D eigenvalue weighted by Crippen LogP contribution is 2.34. The molecule has 1 N–H and O–H groups in total. The van der Waals surface area contributed by atoms with Gasteiger partial charge in [0.25, 0.3) is 0 Å². The summed E-state index contributed by atoms with van der Waals surface area (Å²) in [6.07, 6.45) is 1.66. The minimum Gasteiger partial charge on any atom is -0.454 e. The van der Waals surface area contributed by atoms with Gasteiger partial charge in [-0.2, -0.15) is 4.98 Å². The van der Waals surface area contributed by atoms with E-state index in [1.807, 2.05) is 6.07 Å². The van der Waals surface area contributed by atoms with Gasteiger partial charge in [0, 0.05) is 24.9 Å². The highest BCUT2D eigenvalue weighted by Gasteiger charge is 2.16. The monoisotopic (exact) mass is 370 g/mol. The molecular weight excluding hydrogens is 356 g/mol. The Kier molecular flexibility index (Phi) is 4.44. The Balaban J connectivity index is 1.42. The first-order valence-corrected chi connectivity index (χ1v) is 8.75. The van der Waals surface area contributed by atoms with Crippen molar-refractivity contribution in [2.75, 3.05) is 17.9 Å². The minimum atomic E-state index is -0.158. The molecule has 3 aromatic rings. The fraction of sp³-hybridized carbons (Fsp3) is 0.176.